The van der Waals surface area contributed by atoms with Crippen molar-refractivity contribution in [1.82, 2.24) is 4.57 Å². The predicted octanol–water partition coefficient (Wildman–Crippen LogP) is 3.62. The third-order valence-corrected chi connectivity index (χ3v) is 5.58. The fourth-order valence-electron chi connectivity index (χ4n) is 2.89. The predicted molar refractivity (Wildman–Crippen MR) is 81.4 cm³/mol. The van der Waals surface area contributed by atoms with Gasteiger partial charge in [-0.15, -0.1) is 0 Å². The van der Waals surface area contributed by atoms with Crippen LogP contribution >= 0.6 is 15.9 Å². The van der Waals surface area contributed by atoms with E-state index in [9.17, 15) is 4.79 Å². The van der Waals surface area contributed by atoms with E-state index in [0.717, 1.165) is 30.5 Å². The first-order chi connectivity index (χ1) is 9.55. The maximum atomic E-state index is 11.7. The molecule has 2 aromatic rings. The molecule has 20 heavy (non-hydrogen) atoms. The Kier molecular flexibility index (Phi) is 3.50. The lowest BCUT2D eigenvalue weighted by Crippen LogP contribution is -2.28. The number of oxazole rings is 1. The van der Waals surface area contributed by atoms with Gasteiger partial charge in [-0.3, -0.25) is 4.57 Å². The fraction of sp³-hybridized carbons (Fsp3) is 0.533. The minimum Gasteiger partial charge on any atom is -0.408 e. The van der Waals surface area contributed by atoms with E-state index in [2.05, 4.69) is 22.9 Å². The van der Waals surface area contributed by atoms with Crippen molar-refractivity contribution in [3.05, 3.63) is 34.3 Å². The van der Waals surface area contributed by atoms with Crippen molar-refractivity contribution in [2.75, 3.05) is 6.61 Å². The lowest BCUT2D eigenvalue weighted by atomic mass is 9.93. The summed E-state index contributed by atoms with van der Waals surface area (Å²) in [4.78, 5) is 11.8. The van der Waals surface area contributed by atoms with Gasteiger partial charge in [0.15, 0.2) is 5.58 Å². The minimum atomic E-state index is -0.297. The smallest absolute Gasteiger partial charge is 0.408 e. The number of aromatic nitrogens is 1. The van der Waals surface area contributed by atoms with Crippen LogP contribution in [0.4, 0.5) is 0 Å². The van der Waals surface area contributed by atoms with E-state index in [1.165, 1.54) is 0 Å². The number of alkyl halides is 1. The zero-order valence-corrected chi connectivity index (χ0v) is 13.3. The molecule has 3 rings (SSSR count). The highest BCUT2D eigenvalue weighted by atomic mass is 79.9. The zero-order chi connectivity index (χ0) is 14.3. The van der Waals surface area contributed by atoms with Crippen LogP contribution < -0.4 is 5.76 Å². The zero-order valence-electron chi connectivity index (χ0n) is 11.7. The van der Waals surface area contributed by atoms with Crippen molar-refractivity contribution >= 4 is 27.0 Å². The molecular formula is C15H18BrNO3. The lowest BCUT2D eigenvalue weighted by molar-refractivity contribution is 0.0198. The van der Waals surface area contributed by atoms with Gasteiger partial charge in [0, 0.05) is 13.2 Å². The van der Waals surface area contributed by atoms with Crippen molar-refractivity contribution in [2.45, 2.75) is 43.7 Å². The van der Waals surface area contributed by atoms with Gasteiger partial charge in [-0.05, 0) is 44.4 Å². The van der Waals surface area contributed by atoms with Gasteiger partial charge >= 0.3 is 5.76 Å². The lowest BCUT2D eigenvalue weighted by Gasteiger charge is -2.29. The molecule has 1 fully saturated rings. The van der Waals surface area contributed by atoms with E-state index in [1.54, 1.807) is 4.57 Å². The van der Waals surface area contributed by atoms with E-state index in [4.69, 9.17) is 9.15 Å². The average Bonchev–Trinajstić information content (AvgIpc) is 3.00. The van der Waals surface area contributed by atoms with E-state index in [0.29, 0.717) is 12.1 Å². The van der Waals surface area contributed by atoms with E-state index >= 15 is 0 Å². The summed E-state index contributed by atoms with van der Waals surface area (Å²) >= 11 is 3.75. The molecule has 4 nitrogen and oxygen atoms in total. The number of hydrogen-bond acceptors (Lipinski definition) is 3. The third kappa shape index (κ3) is 2.13. The average molecular weight is 340 g/mol. The van der Waals surface area contributed by atoms with Crippen LogP contribution in [-0.2, 0) is 11.3 Å². The number of ether oxygens (including phenoxy) is 1. The normalized spacial score (nSPS) is 24.4. The highest BCUT2D eigenvalue weighted by Gasteiger charge is 2.38. The molecule has 0 N–H and O–H groups in total. The number of halogens is 1. The van der Waals surface area contributed by atoms with Gasteiger partial charge in [0.2, 0.25) is 0 Å². The number of benzene rings is 1. The first-order valence-electron chi connectivity index (χ1n) is 6.96. The molecule has 0 saturated carbocycles. The molecule has 2 unspecified atom stereocenters. The summed E-state index contributed by atoms with van der Waals surface area (Å²) in [5, 5.41) is 0. The Morgan fingerprint density at radius 1 is 1.50 bits per heavy atom. The maximum absolute atomic E-state index is 11.7. The van der Waals surface area contributed by atoms with Crippen molar-refractivity contribution in [3.63, 3.8) is 0 Å². The van der Waals surface area contributed by atoms with Gasteiger partial charge in [0.05, 0.1) is 15.9 Å². The summed E-state index contributed by atoms with van der Waals surface area (Å²) < 4.78 is 12.8. The van der Waals surface area contributed by atoms with Crippen molar-refractivity contribution in [3.8, 4) is 0 Å². The van der Waals surface area contributed by atoms with E-state index in [1.807, 2.05) is 25.1 Å². The topological polar surface area (TPSA) is 44.4 Å². The molecular weight excluding hydrogens is 322 g/mol. The Hall–Kier alpha value is -1.07. The van der Waals surface area contributed by atoms with Gasteiger partial charge in [-0.1, -0.05) is 22.0 Å². The van der Waals surface area contributed by atoms with Crippen LogP contribution in [0.1, 0.15) is 37.1 Å². The Balaban J connectivity index is 2.03. The summed E-state index contributed by atoms with van der Waals surface area (Å²) in [6.07, 6.45) is 2.11. The van der Waals surface area contributed by atoms with Crippen LogP contribution in [0, 0.1) is 0 Å². The Bertz CT molecular complexity index is 682. The second kappa shape index (κ2) is 5.04. The van der Waals surface area contributed by atoms with Crippen molar-refractivity contribution < 1.29 is 9.15 Å². The van der Waals surface area contributed by atoms with Crippen LogP contribution in [0.15, 0.2) is 27.4 Å². The highest BCUT2D eigenvalue weighted by molar-refractivity contribution is 9.09. The van der Waals surface area contributed by atoms with E-state index < -0.39 is 0 Å². The summed E-state index contributed by atoms with van der Waals surface area (Å²) in [6, 6.07) is 5.93. The number of hydrogen-bond donors (Lipinski definition) is 0. The minimum absolute atomic E-state index is 0.0946. The Morgan fingerprint density at radius 2 is 2.30 bits per heavy atom. The maximum Gasteiger partial charge on any atom is 0.419 e. The molecule has 1 aliphatic rings. The fourth-order valence-corrected chi connectivity index (χ4v) is 3.54. The molecule has 2 heterocycles. The molecule has 1 saturated heterocycles. The van der Waals surface area contributed by atoms with E-state index in [-0.39, 0.29) is 16.2 Å². The molecule has 1 aliphatic heterocycles. The molecule has 2 atom stereocenters. The summed E-state index contributed by atoms with van der Waals surface area (Å²) in [6.45, 7) is 5.48. The highest BCUT2D eigenvalue weighted by Crippen LogP contribution is 2.43. The summed E-state index contributed by atoms with van der Waals surface area (Å²) in [7, 11) is 0. The quantitative estimate of drug-likeness (QED) is 0.802. The van der Waals surface area contributed by atoms with Gasteiger partial charge in [-0.25, -0.2) is 4.79 Å². The monoisotopic (exact) mass is 339 g/mol. The van der Waals surface area contributed by atoms with Crippen molar-refractivity contribution in [1.29, 1.82) is 0 Å². The molecule has 0 bridgehead atoms. The molecule has 0 radical (unpaired) electrons. The van der Waals surface area contributed by atoms with Crippen molar-refractivity contribution in [2.24, 2.45) is 0 Å². The largest absolute Gasteiger partial charge is 0.419 e. The van der Waals surface area contributed by atoms with Crippen LogP contribution in [0.5, 0.6) is 0 Å². The molecule has 0 aliphatic carbocycles. The first kappa shape index (κ1) is 13.9. The second-order valence-corrected chi connectivity index (χ2v) is 6.38. The van der Waals surface area contributed by atoms with Gasteiger partial charge < -0.3 is 9.15 Å². The summed E-state index contributed by atoms with van der Waals surface area (Å²) in [5.74, 6) is -0.297. The van der Waals surface area contributed by atoms with Crippen LogP contribution in [0.2, 0.25) is 0 Å². The van der Waals surface area contributed by atoms with Gasteiger partial charge in [0.1, 0.15) is 0 Å². The first-order valence-corrected chi connectivity index (χ1v) is 7.88. The molecule has 108 valence electrons. The Labute approximate surface area is 125 Å². The second-order valence-electron chi connectivity index (χ2n) is 5.47. The molecule has 0 amide bonds. The molecule has 1 aromatic carbocycles. The molecule has 5 heteroatoms. The molecule has 0 spiro atoms. The SMILES string of the molecule is CCn1c(=O)oc2cc(C(Br)C3(C)CCCO3)ccc21. The number of aryl methyl sites for hydroxylation is 1. The number of rotatable bonds is 3. The van der Waals surface area contributed by atoms with Crippen LogP contribution in [-0.4, -0.2) is 16.8 Å². The Morgan fingerprint density at radius 3 is 2.95 bits per heavy atom. The number of fused-ring (bicyclic) bond motifs is 1. The van der Waals surface area contributed by atoms with Gasteiger partial charge in [0.25, 0.3) is 0 Å². The standard InChI is InChI=1S/C15H18BrNO3/c1-3-17-11-6-5-10(9-12(11)20-14(17)18)13(16)15(2)7-4-8-19-15/h5-6,9,13H,3-4,7-8H2,1-2H3. The third-order valence-electron chi connectivity index (χ3n) is 4.09. The summed E-state index contributed by atoms with van der Waals surface area (Å²) in [5.41, 5.74) is 2.37. The number of nitrogens with zero attached hydrogens (tertiary/aromatic N) is 1. The van der Waals surface area contributed by atoms with Gasteiger partial charge in [-0.2, -0.15) is 0 Å². The molecule has 1 aromatic heterocycles. The van der Waals surface area contributed by atoms with Crippen LogP contribution in [0.25, 0.3) is 11.1 Å². The van der Waals surface area contributed by atoms with Crippen LogP contribution in [0.3, 0.4) is 0 Å².